The fourth-order valence-electron chi connectivity index (χ4n) is 2.50. The summed E-state index contributed by atoms with van der Waals surface area (Å²) in [5, 5.41) is 8.72. The molecule has 0 spiro atoms. The molecule has 4 heteroatoms. The number of carboxylic acid groups (broad SMARTS) is 1. The van der Waals surface area contributed by atoms with Gasteiger partial charge >= 0.3 is 5.97 Å². The molecule has 1 aliphatic heterocycles. The van der Waals surface area contributed by atoms with E-state index in [0.29, 0.717) is 0 Å². The van der Waals surface area contributed by atoms with Crippen molar-refractivity contribution in [2.75, 3.05) is 26.8 Å². The summed E-state index contributed by atoms with van der Waals surface area (Å²) in [6.45, 7) is 5.82. The lowest BCUT2D eigenvalue weighted by molar-refractivity contribution is -0.136. The maximum atomic E-state index is 10.6. The predicted molar refractivity (Wildman–Crippen MR) is 73.0 cm³/mol. The number of carboxylic acids is 1. The number of hydrogen-bond acceptors (Lipinski definition) is 3. The number of nitrogens with zero attached hydrogens (tertiary/aromatic N) is 1. The molecular weight excluding hydrogens is 242 g/mol. The molecule has 1 saturated heterocycles. The number of rotatable bonds is 6. The van der Waals surface area contributed by atoms with E-state index in [9.17, 15) is 4.79 Å². The molecule has 1 fully saturated rings. The predicted octanol–water partition coefficient (Wildman–Crippen LogP) is 1.78. The lowest BCUT2D eigenvalue weighted by Crippen LogP contribution is -2.47. The zero-order valence-corrected chi connectivity index (χ0v) is 11.6. The second-order valence-electron chi connectivity index (χ2n) is 5.86. The number of ether oxygens (including phenoxy) is 1. The quantitative estimate of drug-likeness (QED) is 0.850. The van der Waals surface area contributed by atoms with Crippen LogP contribution in [0, 0.1) is 5.41 Å². The summed E-state index contributed by atoms with van der Waals surface area (Å²) in [6, 6.07) is 7.81. The maximum absolute atomic E-state index is 10.6. The van der Waals surface area contributed by atoms with Gasteiger partial charge in [-0.3, -0.25) is 4.79 Å². The Morgan fingerprint density at radius 2 is 1.89 bits per heavy atom. The van der Waals surface area contributed by atoms with Gasteiger partial charge < -0.3 is 14.7 Å². The Morgan fingerprint density at radius 1 is 1.32 bits per heavy atom. The number of aliphatic carboxylic acids is 1. The lowest BCUT2D eigenvalue weighted by Gasteiger charge is -2.40. The van der Waals surface area contributed by atoms with E-state index in [-0.39, 0.29) is 11.8 Å². The molecule has 0 saturated carbocycles. The summed E-state index contributed by atoms with van der Waals surface area (Å²) in [6.07, 6.45) is 0.0888. The molecule has 0 aliphatic carbocycles. The molecule has 19 heavy (non-hydrogen) atoms. The normalized spacial score (nSPS) is 17.2. The molecule has 0 bridgehead atoms. The molecule has 1 heterocycles. The summed E-state index contributed by atoms with van der Waals surface area (Å²) >= 11 is 0. The molecule has 0 atom stereocenters. The first-order chi connectivity index (χ1) is 8.97. The first-order valence-corrected chi connectivity index (χ1v) is 6.53. The third-order valence-corrected chi connectivity index (χ3v) is 3.38. The van der Waals surface area contributed by atoms with Crippen LogP contribution >= 0.6 is 0 Å². The topological polar surface area (TPSA) is 49.8 Å². The molecule has 1 aromatic rings. The molecule has 0 amide bonds. The van der Waals surface area contributed by atoms with Gasteiger partial charge in [-0.15, -0.1) is 0 Å². The zero-order valence-electron chi connectivity index (χ0n) is 11.6. The Labute approximate surface area is 114 Å². The molecular formula is C15H21NO3. The number of hydrogen-bond donors (Lipinski definition) is 1. The van der Waals surface area contributed by atoms with Crippen LogP contribution in [-0.2, 0) is 22.5 Å². The standard InChI is InChI=1S/C15H21NO3/c1-15(10-19-11-15)9-16(2)8-13-5-3-12(4-6-13)7-14(17)18/h3-6H,7-11H2,1-2H3,(H,17,18). The van der Waals surface area contributed by atoms with Crippen LogP contribution in [0.1, 0.15) is 18.1 Å². The first kappa shape index (κ1) is 14.0. The van der Waals surface area contributed by atoms with Gasteiger partial charge in [0.15, 0.2) is 0 Å². The number of benzene rings is 1. The van der Waals surface area contributed by atoms with Crippen molar-refractivity contribution >= 4 is 5.97 Å². The summed E-state index contributed by atoms with van der Waals surface area (Å²) in [7, 11) is 2.11. The van der Waals surface area contributed by atoms with E-state index in [1.807, 2.05) is 24.3 Å². The zero-order chi connectivity index (χ0) is 13.9. The van der Waals surface area contributed by atoms with Crippen molar-refractivity contribution in [3.8, 4) is 0 Å². The average molecular weight is 263 g/mol. The van der Waals surface area contributed by atoms with E-state index in [1.165, 1.54) is 5.56 Å². The van der Waals surface area contributed by atoms with E-state index >= 15 is 0 Å². The molecule has 1 N–H and O–H groups in total. The minimum atomic E-state index is -0.789. The Bertz CT molecular complexity index is 437. The third-order valence-electron chi connectivity index (χ3n) is 3.38. The molecule has 0 aromatic heterocycles. The molecule has 104 valence electrons. The number of carbonyl (C=O) groups is 1. The monoisotopic (exact) mass is 263 g/mol. The second kappa shape index (κ2) is 5.72. The highest BCUT2D eigenvalue weighted by atomic mass is 16.5. The third kappa shape index (κ3) is 4.04. The van der Waals surface area contributed by atoms with Gasteiger partial charge in [0.2, 0.25) is 0 Å². The van der Waals surface area contributed by atoms with Gasteiger partial charge in [0.1, 0.15) is 0 Å². The highest BCUT2D eigenvalue weighted by Gasteiger charge is 2.34. The van der Waals surface area contributed by atoms with Crippen molar-refractivity contribution in [1.29, 1.82) is 0 Å². The van der Waals surface area contributed by atoms with E-state index in [0.717, 1.165) is 31.9 Å². The lowest BCUT2D eigenvalue weighted by atomic mass is 9.88. The molecule has 4 nitrogen and oxygen atoms in total. The SMILES string of the molecule is CN(Cc1ccc(CC(=O)O)cc1)CC1(C)COC1. The van der Waals surface area contributed by atoms with Crippen molar-refractivity contribution in [2.45, 2.75) is 19.9 Å². The van der Waals surface area contributed by atoms with Crippen LogP contribution in [0.15, 0.2) is 24.3 Å². The molecule has 1 aromatic carbocycles. The van der Waals surface area contributed by atoms with Gasteiger partial charge in [0, 0.05) is 18.5 Å². The van der Waals surface area contributed by atoms with Crippen LogP contribution in [0.4, 0.5) is 0 Å². The smallest absolute Gasteiger partial charge is 0.307 e. The molecule has 0 radical (unpaired) electrons. The van der Waals surface area contributed by atoms with Crippen molar-refractivity contribution in [1.82, 2.24) is 4.90 Å². The summed E-state index contributed by atoms with van der Waals surface area (Å²) in [5.74, 6) is -0.789. The van der Waals surface area contributed by atoms with Gasteiger partial charge in [0.05, 0.1) is 19.6 Å². The molecule has 1 aliphatic rings. The largest absolute Gasteiger partial charge is 0.481 e. The Hall–Kier alpha value is -1.39. The van der Waals surface area contributed by atoms with Crippen molar-refractivity contribution in [3.05, 3.63) is 35.4 Å². The van der Waals surface area contributed by atoms with Crippen LogP contribution in [-0.4, -0.2) is 42.8 Å². The summed E-state index contributed by atoms with van der Waals surface area (Å²) < 4.78 is 5.26. The molecule has 0 unspecified atom stereocenters. The van der Waals surface area contributed by atoms with Gasteiger partial charge in [0.25, 0.3) is 0 Å². The van der Waals surface area contributed by atoms with E-state index < -0.39 is 5.97 Å². The second-order valence-corrected chi connectivity index (χ2v) is 5.86. The highest BCUT2D eigenvalue weighted by molar-refractivity contribution is 5.70. The van der Waals surface area contributed by atoms with E-state index in [1.54, 1.807) is 0 Å². The Balaban J connectivity index is 1.86. The minimum Gasteiger partial charge on any atom is -0.481 e. The van der Waals surface area contributed by atoms with Gasteiger partial charge in [-0.25, -0.2) is 0 Å². The van der Waals surface area contributed by atoms with Crippen molar-refractivity contribution in [3.63, 3.8) is 0 Å². The first-order valence-electron chi connectivity index (χ1n) is 6.53. The summed E-state index contributed by atoms with van der Waals surface area (Å²) in [5.41, 5.74) is 2.34. The van der Waals surface area contributed by atoms with Gasteiger partial charge in [-0.1, -0.05) is 31.2 Å². The van der Waals surface area contributed by atoms with Crippen LogP contribution in [0.2, 0.25) is 0 Å². The van der Waals surface area contributed by atoms with Crippen LogP contribution in [0.5, 0.6) is 0 Å². The highest BCUT2D eigenvalue weighted by Crippen LogP contribution is 2.27. The van der Waals surface area contributed by atoms with E-state index in [2.05, 4.69) is 18.9 Å². The molecule has 2 rings (SSSR count). The van der Waals surface area contributed by atoms with E-state index in [4.69, 9.17) is 9.84 Å². The van der Waals surface area contributed by atoms with Crippen molar-refractivity contribution < 1.29 is 14.6 Å². The van der Waals surface area contributed by atoms with Crippen LogP contribution in [0.3, 0.4) is 0 Å². The maximum Gasteiger partial charge on any atom is 0.307 e. The fourth-order valence-corrected chi connectivity index (χ4v) is 2.50. The Kier molecular flexibility index (Phi) is 4.22. The minimum absolute atomic E-state index is 0.0888. The van der Waals surface area contributed by atoms with Crippen LogP contribution < -0.4 is 0 Å². The van der Waals surface area contributed by atoms with Gasteiger partial charge in [-0.05, 0) is 18.2 Å². The average Bonchev–Trinajstić information content (AvgIpc) is 2.29. The summed E-state index contributed by atoms with van der Waals surface area (Å²) in [4.78, 5) is 12.9. The fraction of sp³-hybridized carbons (Fsp3) is 0.533. The Morgan fingerprint density at radius 3 is 2.37 bits per heavy atom. The van der Waals surface area contributed by atoms with Crippen molar-refractivity contribution in [2.24, 2.45) is 5.41 Å². The van der Waals surface area contributed by atoms with Gasteiger partial charge in [-0.2, -0.15) is 0 Å². The van der Waals surface area contributed by atoms with Crippen LogP contribution in [0.25, 0.3) is 0 Å².